The van der Waals surface area contributed by atoms with Crippen molar-refractivity contribution in [2.75, 3.05) is 18.1 Å². The summed E-state index contributed by atoms with van der Waals surface area (Å²) in [6.07, 6.45) is 4.84. The minimum Gasteiger partial charge on any atom is -0.367 e. The monoisotopic (exact) mass is 321 g/mol. The predicted molar refractivity (Wildman–Crippen MR) is 94.8 cm³/mol. The molecule has 3 aromatic rings. The van der Waals surface area contributed by atoms with E-state index in [1.165, 1.54) is 22.4 Å². The summed E-state index contributed by atoms with van der Waals surface area (Å²) in [5.74, 6) is 0. The number of fused-ring (bicyclic) bond motifs is 1. The van der Waals surface area contributed by atoms with Crippen LogP contribution >= 0.6 is 0 Å². The number of hydrogen-bond acceptors (Lipinski definition) is 2. The first-order valence-electron chi connectivity index (χ1n) is 8.35. The first-order chi connectivity index (χ1) is 11.8. The van der Waals surface area contributed by atoms with Gasteiger partial charge in [0, 0.05) is 30.5 Å². The molecule has 4 heteroatoms. The Morgan fingerprint density at radius 3 is 2.75 bits per heavy atom. The first-order valence-corrected chi connectivity index (χ1v) is 8.35. The van der Waals surface area contributed by atoms with Crippen molar-refractivity contribution in [1.82, 2.24) is 9.78 Å². The van der Waals surface area contributed by atoms with E-state index < -0.39 is 0 Å². The van der Waals surface area contributed by atoms with Gasteiger partial charge in [0.05, 0.1) is 12.7 Å². The molecule has 1 aliphatic rings. The lowest BCUT2D eigenvalue weighted by molar-refractivity contribution is 0.427. The maximum Gasteiger partial charge on any atom is 0.109 e. The van der Waals surface area contributed by atoms with Crippen molar-refractivity contribution in [3.63, 3.8) is 0 Å². The molecule has 2 heterocycles. The molecule has 0 amide bonds. The lowest BCUT2D eigenvalue weighted by Crippen LogP contribution is -2.19. The molecule has 0 saturated carbocycles. The molecular weight excluding hydrogens is 301 g/mol. The van der Waals surface area contributed by atoms with E-state index in [0.717, 1.165) is 25.1 Å². The Hall–Kier alpha value is -2.62. The fourth-order valence-corrected chi connectivity index (χ4v) is 3.47. The van der Waals surface area contributed by atoms with Crippen LogP contribution in [-0.4, -0.2) is 23.0 Å². The average Bonchev–Trinajstić information content (AvgIpc) is 3.24. The van der Waals surface area contributed by atoms with Crippen LogP contribution in [0.25, 0.3) is 11.1 Å². The van der Waals surface area contributed by atoms with E-state index in [1.54, 1.807) is 4.68 Å². The highest BCUT2D eigenvalue weighted by molar-refractivity contribution is 5.76. The third-order valence-electron chi connectivity index (χ3n) is 4.58. The SMILES string of the molecule is FCCn1cc(CN2CCc3c(-c4ccccc4)cccc32)cn1. The van der Waals surface area contributed by atoms with Gasteiger partial charge in [0.1, 0.15) is 6.67 Å². The van der Waals surface area contributed by atoms with Gasteiger partial charge in [0.25, 0.3) is 0 Å². The summed E-state index contributed by atoms with van der Waals surface area (Å²) in [5, 5.41) is 4.22. The molecule has 1 aliphatic heterocycles. The van der Waals surface area contributed by atoms with Crippen LogP contribution in [0.5, 0.6) is 0 Å². The van der Waals surface area contributed by atoms with Crippen molar-refractivity contribution in [2.24, 2.45) is 0 Å². The highest BCUT2D eigenvalue weighted by Crippen LogP contribution is 2.36. The molecule has 24 heavy (non-hydrogen) atoms. The Balaban J connectivity index is 1.60. The largest absolute Gasteiger partial charge is 0.367 e. The Labute approximate surface area is 141 Å². The summed E-state index contributed by atoms with van der Waals surface area (Å²) >= 11 is 0. The zero-order chi connectivity index (χ0) is 16.4. The lowest BCUT2D eigenvalue weighted by atomic mass is 9.98. The number of nitrogens with zero attached hydrogens (tertiary/aromatic N) is 3. The molecule has 0 fully saturated rings. The molecular formula is C20H20FN3. The van der Waals surface area contributed by atoms with E-state index in [4.69, 9.17) is 0 Å². The van der Waals surface area contributed by atoms with Crippen molar-refractivity contribution >= 4 is 5.69 Å². The summed E-state index contributed by atoms with van der Waals surface area (Å²) in [4.78, 5) is 2.39. The van der Waals surface area contributed by atoms with Gasteiger partial charge in [0.15, 0.2) is 0 Å². The number of rotatable bonds is 5. The van der Waals surface area contributed by atoms with Crippen LogP contribution in [0.3, 0.4) is 0 Å². The van der Waals surface area contributed by atoms with Gasteiger partial charge in [-0.1, -0.05) is 42.5 Å². The van der Waals surface area contributed by atoms with Crippen molar-refractivity contribution in [3.05, 3.63) is 72.1 Å². The summed E-state index contributed by atoms with van der Waals surface area (Å²) in [6, 6.07) is 17.1. The lowest BCUT2D eigenvalue weighted by Gasteiger charge is -2.19. The first kappa shape index (κ1) is 14.9. The van der Waals surface area contributed by atoms with E-state index >= 15 is 0 Å². The number of aryl methyl sites for hydroxylation is 1. The molecule has 0 unspecified atom stereocenters. The van der Waals surface area contributed by atoms with Crippen molar-refractivity contribution in [3.8, 4) is 11.1 Å². The highest BCUT2D eigenvalue weighted by Gasteiger charge is 2.22. The number of anilines is 1. The molecule has 122 valence electrons. The maximum atomic E-state index is 12.4. The van der Waals surface area contributed by atoms with E-state index in [-0.39, 0.29) is 6.67 Å². The van der Waals surface area contributed by atoms with Gasteiger partial charge in [-0.15, -0.1) is 0 Å². The van der Waals surface area contributed by atoms with Crippen LogP contribution in [0.4, 0.5) is 10.1 Å². The van der Waals surface area contributed by atoms with E-state index in [0.29, 0.717) is 6.54 Å². The molecule has 0 N–H and O–H groups in total. The van der Waals surface area contributed by atoms with Crippen LogP contribution in [0.15, 0.2) is 60.9 Å². The Morgan fingerprint density at radius 1 is 1.04 bits per heavy atom. The number of hydrogen-bond donors (Lipinski definition) is 0. The van der Waals surface area contributed by atoms with E-state index in [9.17, 15) is 4.39 Å². The van der Waals surface area contributed by atoms with Gasteiger partial charge in [-0.25, -0.2) is 4.39 Å². The zero-order valence-corrected chi connectivity index (χ0v) is 13.5. The highest BCUT2D eigenvalue weighted by atomic mass is 19.1. The summed E-state index contributed by atoms with van der Waals surface area (Å²) in [7, 11) is 0. The molecule has 3 nitrogen and oxygen atoms in total. The standard InChI is InChI=1S/C20H20FN3/c21-10-12-24-15-16(13-22-24)14-23-11-9-19-18(7-4-8-20(19)23)17-5-2-1-3-6-17/h1-8,13,15H,9-12,14H2. The number of halogens is 1. The zero-order valence-electron chi connectivity index (χ0n) is 13.5. The second-order valence-corrected chi connectivity index (χ2v) is 6.14. The van der Waals surface area contributed by atoms with Crippen molar-refractivity contribution in [2.45, 2.75) is 19.5 Å². The summed E-state index contributed by atoms with van der Waals surface area (Å²) in [5.41, 5.74) is 6.44. The number of alkyl halides is 1. The fourth-order valence-electron chi connectivity index (χ4n) is 3.47. The van der Waals surface area contributed by atoms with Gasteiger partial charge in [-0.2, -0.15) is 5.10 Å². The molecule has 0 radical (unpaired) electrons. The van der Waals surface area contributed by atoms with Crippen LogP contribution < -0.4 is 4.90 Å². The molecule has 0 bridgehead atoms. The Kier molecular flexibility index (Phi) is 4.03. The normalized spacial score (nSPS) is 13.3. The predicted octanol–water partition coefficient (Wildman–Crippen LogP) is 4.08. The second-order valence-electron chi connectivity index (χ2n) is 6.14. The smallest absolute Gasteiger partial charge is 0.109 e. The van der Waals surface area contributed by atoms with Gasteiger partial charge in [0.2, 0.25) is 0 Å². The van der Waals surface area contributed by atoms with Crippen LogP contribution in [0.1, 0.15) is 11.1 Å². The van der Waals surface area contributed by atoms with E-state index in [1.807, 2.05) is 18.5 Å². The number of aromatic nitrogens is 2. The molecule has 0 saturated heterocycles. The quantitative estimate of drug-likeness (QED) is 0.706. The Morgan fingerprint density at radius 2 is 1.92 bits per heavy atom. The second kappa shape index (κ2) is 6.48. The molecule has 4 rings (SSSR count). The van der Waals surface area contributed by atoms with Gasteiger partial charge in [-0.05, 0) is 29.2 Å². The van der Waals surface area contributed by atoms with E-state index in [2.05, 4.69) is 52.5 Å². The van der Waals surface area contributed by atoms with Crippen LogP contribution in [0.2, 0.25) is 0 Å². The van der Waals surface area contributed by atoms with Crippen LogP contribution in [0, 0.1) is 0 Å². The molecule has 1 aromatic heterocycles. The summed E-state index contributed by atoms with van der Waals surface area (Å²) < 4.78 is 14.1. The number of benzene rings is 2. The van der Waals surface area contributed by atoms with Gasteiger partial charge >= 0.3 is 0 Å². The molecule has 0 spiro atoms. The van der Waals surface area contributed by atoms with Gasteiger partial charge < -0.3 is 4.90 Å². The fraction of sp³-hybridized carbons (Fsp3) is 0.250. The van der Waals surface area contributed by atoms with Crippen molar-refractivity contribution in [1.29, 1.82) is 0 Å². The third-order valence-corrected chi connectivity index (χ3v) is 4.58. The van der Waals surface area contributed by atoms with Crippen LogP contribution in [-0.2, 0) is 19.5 Å². The molecule has 0 aliphatic carbocycles. The topological polar surface area (TPSA) is 21.1 Å². The Bertz CT molecular complexity index is 826. The molecule has 2 aromatic carbocycles. The van der Waals surface area contributed by atoms with Gasteiger partial charge in [-0.3, -0.25) is 4.68 Å². The minimum atomic E-state index is -0.381. The van der Waals surface area contributed by atoms with Crippen molar-refractivity contribution < 1.29 is 4.39 Å². The third kappa shape index (κ3) is 2.80. The minimum absolute atomic E-state index is 0.328. The average molecular weight is 321 g/mol. The molecule has 0 atom stereocenters. The maximum absolute atomic E-state index is 12.4. The summed E-state index contributed by atoms with van der Waals surface area (Å²) in [6.45, 7) is 1.77.